The molecule has 2 saturated carbocycles. The summed E-state index contributed by atoms with van der Waals surface area (Å²) < 4.78 is 5.59. The highest BCUT2D eigenvalue weighted by Gasteiger charge is 2.59. The van der Waals surface area contributed by atoms with E-state index in [1.54, 1.807) is 42.5 Å². The minimum Gasteiger partial charge on any atom is -0.423 e. The standard InChI is InChI=1S/C36H30N2O6/c39-32-28-16-11-21(20-5-2-1-3-6-20)19-29(28)33(40)38(32)26-8-4-7-24(18-26)36(43)44-27-14-12-25(13-15-27)37-34(41)30-22-9-10-23(17-22)31(30)35(37)42/h1-10,12-15,18,21-23,28-31H,11,16-17,19H2/t21-,22-,23-,28+,29-,30-,31+/m0/s1. The second-order valence-electron chi connectivity index (χ2n) is 12.6. The van der Waals surface area contributed by atoms with E-state index in [0.29, 0.717) is 24.2 Å². The smallest absolute Gasteiger partial charge is 0.343 e. The van der Waals surface area contributed by atoms with Crippen molar-refractivity contribution in [1.82, 2.24) is 0 Å². The normalized spacial score (nSPS) is 30.2. The number of ether oxygens (including phenoxy) is 1. The molecule has 0 radical (unpaired) electrons. The zero-order chi connectivity index (χ0) is 30.1. The lowest BCUT2D eigenvalue weighted by molar-refractivity contribution is -0.124. The van der Waals surface area contributed by atoms with Gasteiger partial charge in [-0.05, 0) is 91.5 Å². The van der Waals surface area contributed by atoms with Crippen LogP contribution >= 0.6 is 0 Å². The van der Waals surface area contributed by atoms with Gasteiger partial charge in [0, 0.05) is 0 Å². The Morgan fingerprint density at radius 1 is 0.636 bits per heavy atom. The molecule has 8 heteroatoms. The van der Waals surface area contributed by atoms with Crippen molar-refractivity contribution in [2.75, 3.05) is 9.80 Å². The van der Waals surface area contributed by atoms with E-state index in [0.717, 1.165) is 12.8 Å². The van der Waals surface area contributed by atoms with E-state index < -0.39 is 5.97 Å². The molecule has 2 heterocycles. The van der Waals surface area contributed by atoms with Gasteiger partial charge in [-0.25, -0.2) is 4.79 Å². The number of esters is 1. The van der Waals surface area contributed by atoms with E-state index in [9.17, 15) is 24.0 Å². The third-order valence-corrected chi connectivity index (χ3v) is 10.3. The summed E-state index contributed by atoms with van der Waals surface area (Å²) in [5, 5.41) is 0. The van der Waals surface area contributed by atoms with Crippen LogP contribution < -0.4 is 14.5 Å². The molecular weight excluding hydrogens is 556 g/mol. The van der Waals surface area contributed by atoms with Gasteiger partial charge in [0.1, 0.15) is 5.75 Å². The predicted molar refractivity (Wildman–Crippen MR) is 161 cm³/mol. The van der Waals surface area contributed by atoms with Crippen LogP contribution in [0.2, 0.25) is 0 Å². The molecule has 0 aromatic heterocycles. The third-order valence-electron chi connectivity index (χ3n) is 10.3. The Hall–Kier alpha value is -4.85. The van der Waals surface area contributed by atoms with Crippen LogP contribution in [0.1, 0.15) is 47.5 Å². The van der Waals surface area contributed by atoms with E-state index >= 15 is 0 Å². The van der Waals surface area contributed by atoms with Crippen LogP contribution in [0.4, 0.5) is 11.4 Å². The molecule has 0 spiro atoms. The number of hydrogen-bond donors (Lipinski definition) is 0. The van der Waals surface area contributed by atoms with Crippen molar-refractivity contribution < 1.29 is 28.7 Å². The van der Waals surface area contributed by atoms with Gasteiger partial charge < -0.3 is 4.74 Å². The number of rotatable bonds is 5. The molecule has 0 unspecified atom stereocenters. The fourth-order valence-corrected chi connectivity index (χ4v) is 8.22. The molecular formula is C36H30N2O6. The zero-order valence-electron chi connectivity index (χ0n) is 23.9. The van der Waals surface area contributed by atoms with Crippen molar-refractivity contribution in [1.29, 1.82) is 0 Å². The maximum Gasteiger partial charge on any atom is 0.343 e. The summed E-state index contributed by atoms with van der Waals surface area (Å²) in [6.45, 7) is 0. The van der Waals surface area contributed by atoms with Gasteiger partial charge in [0.2, 0.25) is 23.6 Å². The summed E-state index contributed by atoms with van der Waals surface area (Å²) in [5.74, 6) is -1.98. The SMILES string of the molecule is O=C(Oc1ccc(N2C(=O)[C@@H]3[C@H](C2=O)[C@H]2C=C[C@H]3C2)cc1)c1cccc(N2C(=O)[C@H]3C[C@@H](c4ccccc4)CC[C@H]3C2=O)c1. The van der Waals surface area contributed by atoms with Gasteiger partial charge in [0.25, 0.3) is 0 Å². The van der Waals surface area contributed by atoms with Crippen LogP contribution in [0.5, 0.6) is 5.75 Å². The summed E-state index contributed by atoms with van der Waals surface area (Å²) in [6, 6.07) is 22.8. The largest absolute Gasteiger partial charge is 0.423 e. The summed E-state index contributed by atoms with van der Waals surface area (Å²) >= 11 is 0. The molecule has 4 fully saturated rings. The lowest BCUT2D eigenvalue weighted by Gasteiger charge is -2.28. The fraction of sp³-hybridized carbons (Fsp3) is 0.306. The van der Waals surface area contributed by atoms with Gasteiger partial charge in [-0.15, -0.1) is 0 Å². The Morgan fingerprint density at radius 2 is 1.30 bits per heavy atom. The summed E-state index contributed by atoms with van der Waals surface area (Å²) in [4.78, 5) is 68.8. The second kappa shape index (κ2) is 10.1. The first-order chi connectivity index (χ1) is 21.4. The highest BCUT2D eigenvalue weighted by molar-refractivity contribution is 6.23. The van der Waals surface area contributed by atoms with Crippen molar-refractivity contribution in [3.05, 3.63) is 102 Å². The van der Waals surface area contributed by atoms with Crippen LogP contribution in [0.15, 0.2) is 91.0 Å². The minimum absolute atomic E-state index is 0.129. The maximum atomic E-state index is 13.5. The van der Waals surface area contributed by atoms with Crippen LogP contribution in [0, 0.1) is 35.5 Å². The average molecular weight is 587 g/mol. The number of benzene rings is 3. The van der Waals surface area contributed by atoms with Crippen LogP contribution in [0.3, 0.4) is 0 Å². The number of anilines is 2. The molecule has 7 atom stereocenters. The highest BCUT2D eigenvalue weighted by Crippen LogP contribution is 2.53. The van der Waals surface area contributed by atoms with Crippen molar-refractivity contribution in [2.45, 2.75) is 31.6 Å². The quantitative estimate of drug-likeness (QED) is 0.174. The highest BCUT2D eigenvalue weighted by atomic mass is 16.5. The van der Waals surface area contributed by atoms with Crippen LogP contribution in [-0.4, -0.2) is 29.6 Å². The van der Waals surface area contributed by atoms with Crippen LogP contribution in [0.25, 0.3) is 0 Å². The van der Waals surface area contributed by atoms with E-state index in [2.05, 4.69) is 24.3 Å². The number of carbonyl (C=O) groups excluding carboxylic acids is 5. The van der Waals surface area contributed by atoms with Crippen molar-refractivity contribution >= 4 is 41.0 Å². The van der Waals surface area contributed by atoms with Crippen molar-refractivity contribution in [3.63, 3.8) is 0 Å². The van der Waals surface area contributed by atoms with E-state index in [1.165, 1.54) is 21.4 Å². The molecule has 220 valence electrons. The monoisotopic (exact) mass is 586 g/mol. The average Bonchev–Trinajstić information content (AvgIpc) is 3.80. The molecule has 2 bridgehead atoms. The molecule has 3 aromatic rings. The molecule has 3 aromatic carbocycles. The Kier molecular flexibility index (Phi) is 6.15. The van der Waals surface area contributed by atoms with E-state index in [1.807, 2.05) is 18.2 Å². The molecule has 2 aliphatic heterocycles. The second-order valence-corrected chi connectivity index (χ2v) is 12.6. The van der Waals surface area contributed by atoms with Gasteiger partial charge in [-0.1, -0.05) is 48.6 Å². The lowest BCUT2D eigenvalue weighted by Crippen LogP contribution is -2.32. The summed E-state index contributed by atoms with van der Waals surface area (Å²) in [7, 11) is 0. The van der Waals surface area contributed by atoms with E-state index in [-0.39, 0.29) is 76.4 Å². The first-order valence-electron chi connectivity index (χ1n) is 15.3. The summed E-state index contributed by atoms with van der Waals surface area (Å²) in [6.07, 6.45) is 7.11. The summed E-state index contributed by atoms with van der Waals surface area (Å²) in [5.41, 5.74) is 2.20. The molecule has 3 aliphatic carbocycles. The first-order valence-corrected chi connectivity index (χ1v) is 15.3. The number of fused-ring (bicyclic) bond motifs is 6. The Morgan fingerprint density at radius 3 is 2.00 bits per heavy atom. The molecule has 8 nitrogen and oxygen atoms in total. The van der Waals surface area contributed by atoms with Gasteiger partial charge in [-0.3, -0.25) is 29.0 Å². The third kappa shape index (κ3) is 4.08. The Bertz CT molecular complexity index is 1720. The number of hydrogen-bond acceptors (Lipinski definition) is 6. The molecule has 5 aliphatic rings. The van der Waals surface area contributed by atoms with Gasteiger partial charge >= 0.3 is 5.97 Å². The van der Waals surface area contributed by atoms with Gasteiger partial charge in [0.15, 0.2) is 0 Å². The molecule has 44 heavy (non-hydrogen) atoms. The minimum atomic E-state index is -0.647. The maximum absolute atomic E-state index is 13.5. The van der Waals surface area contributed by atoms with Gasteiger partial charge in [0.05, 0.1) is 40.6 Å². The Balaban J connectivity index is 0.959. The van der Waals surface area contributed by atoms with E-state index in [4.69, 9.17) is 4.74 Å². The number of allylic oxidation sites excluding steroid dienone is 2. The zero-order valence-corrected chi connectivity index (χ0v) is 23.9. The first kappa shape index (κ1) is 26.8. The number of amides is 4. The van der Waals surface area contributed by atoms with Gasteiger partial charge in [-0.2, -0.15) is 0 Å². The topological polar surface area (TPSA) is 101 Å². The van der Waals surface area contributed by atoms with Crippen LogP contribution in [-0.2, 0) is 19.2 Å². The number of carbonyl (C=O) groups is 5. The lowest BCUT2D eigenvalue weighted by atomic mass is 9.73. The number of imide groups is 2. The molecule has 2 saturated heterocycles. The molecule has 4 amide bonds. The number of nitrogens with zero attached hydrogens (tertiary/aromatic N) is 2. The fourth-order valence-electron chi connectivity index (χ4n) is 8.22. The molecule has 8 rings (SSSR count). The van der Waals surface area contributed by atoms with Crippen molar-refractivity contribution in [3.8, 4) is 5.75 Å². The predicted octanol–water partition coefficient (Wildman–Crippen LogP) is 5.29. The Labute approximate surface area is 254 Å². The van der Waals surface area contributed by atoms with Crippen molar-refractivity contribution in [2.24, 2.45) is 35.5 Å². The molecule has 0 N–H and O–H groups in total.